The number of ketones is 2. The molecule has 1 spiro atoms. The zero-order valence-corrected chi connectivity index (χ0v) is 20.3. The molecule has 5 aliphatic rings. The Bertz CT molecular complexity index is 826. The van der Waals surface area contributed by atoms with Crippen LogP contribution in [0.5, 0.6) is 0 Å². The van der Waals surface area contributed by atoms with Crippen LogP contribution >= 0.6 is 0 Å². The van der Waals surface area contributed by atoms with Gasteiger partial charge in [-0.25, -0.2) is 0 Å². The molecule has 3 saturated carbocycles. The summed E-state index contributed by atoms with van der Waals surface area (Å²) >= 11 is 0. The highest BCUT2D eigenvalue weighted by Crippen LogP contribution is 2.69. The Hall–Kier alpha value is -1.04. The second-order valence-electron chi connectivity index (χ2n) is 11.5. The van der Waals surface area contributed by atoms with Crippen LogP contribution in [0.2, 0.25) is 0 Å². The molecule has 1 aliphatic heterocycles. The van der Waals surface area contributed by atoms with Crippen molar-refractivity contribution in [1.82, 2.24) is 0 Å². The van der Waals surface area contributed by atoms with Gasteiger partial charge in [-0.3, -0.25) is 9.59 Å². The zero-order valence-electron chi connectivity index (χ0n) is 20.3. The average Bonchev–Trinajstić information content (AvgIpc) is 3.05. The molecule has 0 amide bonds. The molecule has 5 nitrogen and oxygen atoms in total. The van der Waals surface area contributed by atoms with Crippen LogP contribution < -0.4 is 0 Å². The molecule has 1 heterocycles. The summed E-state index contributed by atoms with van der Waals surface area (Å²) in [5, 5.41) is 0. The zero-order chi connectivity index (χ0) is 22.8. The van der Waals surface area contributed by atoms with Crippen molar-refractivity contribution in [1.29, 1.82) is 0 Å². The third-order valence-corrected chi connectivity index (χ3v) is 10.2. The quantitative estimate of drug-likeness (QED) is 0.584. The number of carbonyl (C=O) groups is 2. The predicted molar refractivity (Wildman–Crippen MR) is 121 cm³/mol. The summed E-state index contributed by atoms with van der Waals surface area (Å²) in [6.45, 7) is 9.38. The van der Waals surface area contributed by atoms with E-state index in [2.05, 4.69) is 20.8 Å². The summed E-state index contributed by atoms with van der Waals surface area (Å²) in [4.78, 5) is 25.6. The van der Waals surface area contributed by atoms with Gasteiger partial charge in [0, 0.05) is 24.9 Å². The maximum absolute atomic E-state index is 13.5. The van der Waals surface area contributed by atoms with E-state index in [1.165, 1.54) is 5.57 Å². The summed E-state index contributed by atoms with van der Waals surface area (Å²) in [7, 11) is 0. The molecule has 7 atom stereocenters. The molecule has 0 bridgehead atoms. The van der Waals surface area contributed by atoms with E-state index >= 15 is 0 Å². The minimum absolute atomic E-state index is 0.0864. The van der Waals surface area contributed by atoms with Crippen molar-refractivity contribution >= 4 is 11.6 Å². The van der Waals surface area contributed by atoms with Crippen molar-refractivity contribution in [3.05, 3.63) is 11.6 Å². The number of allylic oxidation sites excluding steroid dienone is 1. The van der Waals surface area contributed by atoms with Gasteiger partial charge in [0.1, 0.15) is 12.2 Å². The maximum atomic E-state index is 13.5. The third-order valence-electron chi connectivity index (χ3n) is 10.2. The highest BCUT2D eigenvalue weighted by molar-refractivity contribution is 5.92. The van der Waals surface area contributed by atoms with Crippen molar-refractivity contribution in [3.8, 4) is 0 Å². The average molecular weight is 445 g/mol. The van der Waals surface area contributed by atoms with Crippen molar-refractivity contribution < 1.29 is 23.8 Å². The lowest BCUT2D eigenvalue weighted by molar-refractivity contribution is -0.431. The Labute approximate surface area is 192 Å². The van der Waals surface area contributed by atoms with Gasteiger partial charge >= 0.3 is 0 Å². The molecule has 1 saturated heterocycles. The van der Waals surface area contributed by atoms with Crippen LogP contribution in [0, 0.1) is 28.6 Å². The highest BCUT2D eigenvalue weighted by atomic mass is 16.9. The molecular weight excluding hydrogens is 404 g/mol. The standard InChI is InChI=1S/C27H40O5/c1-5-12-27(30-6-2)31-17-23(29)26(32-27)15-11-22-20-8-7-18-16-19(28)9-13-24(18,3)21(20)10-14-25(22,26)4/h16,20-22H,5-15,17H2,1-4H3/t20-,21+,22+,24+,25+,26+,27?/m1/s1. The molecule has 5 heteroatoms. The maximum Gasteiger partial charge on any atom is 0.284 e. The van der Waals surface area contributed by atoms with Gasteiger partial charge in [0.15, 0.2) is 11.6 Å². The Kier molecular flexibility index (Phi) is 5.50. The van der Waals surface area contributed by atoms with Crippen LogP contribution in [0.25, 0.3) is 0 Å². The van der Waals surface area contributed by atoms with E-state index < -0.39 is 11.6 Å². The third kappa shape index (κ3) is 2.99. The van der Waals surface area contributed by atoms with Crippen molar-refractivity contribution in [3.63, 3.8) is 0 Å². The van der Waals surface area contributed by atoms with E-state index in [-0.39, 0.29) is 23.2 Å². The Morgan fingerprint density at radius 2 is 1.81 bits per heavy atom. The van der Waals surface area contributed by atoms with Gasteiger partial charge in [0.25, 0.3) is 5.97 Å². The van der Waals surface area contributed by atoms with Gasteiger partial charge in [0.2, 0.25) is 0 Å². The largest absolute Gasteiger partial charge is 0.328 e. The lowest BCUT2D eigenvalue weighted by Crippen LogP contribution is -2.66. The fourth-order valence-corrected chi connectivity index (χ4v) is 8.62. The summed E-state index contributed by atoms with van der Waals surface area (Å²) in [6, 6.07) is 0. The van der Waals surface area contributed by atoms with Gasteiger partial charge in [-0.05, 0) is 87.5 Å². The number of Topliss-reactive ketones (excluding diaryl/α,β-unsaturated/α-hetero) is 1. The molecule has 4 aliphatic carbocycles. The summed E-state index contributed by atoms with van der Waals surface area (Å²) in [5.74, 6) is 0.991. The Morgan fingerprint density at radius 1 is 1.03 bits per heavy atom. The molecule has 0 aromatic carbocycles. The number of fused-ring (bicyclic) bond motifs is 6. The van der Waals surface area contributed by atoms with Gasteiger partial charge in [-0.1, -0.05) is 26.3 Å². The van der Waals surface area contributed by atoms with E-state index in [1.54, 1.807) is 0 Å². The smallest absolute Gasteiger partial charge is 0.284 e. The van der Waals surface area contributed by atoms with Crippen LogP contribution in [0.4, 0.5) is 0 Å². The van der Waals surface area contributed by atoms with Gasteiger partial charge in [-0.2, -0.15) is 0 Å². The lowest BCUT2D eigenvalue weighted by atomic mass is 9.46. The molecule has 1 unspecified atom stereocenters. The minimum atomic E-state index is -1.09. The second kappa shape index (κ2) is 7.74. The number of rotatable bonds is 4. The first-order valence-electron chi connectivity index (χ1n) is 13.0. The molecule has 5 rings (SSSR count). The molecule has 32 heavy (non-hydrogen) atoms. The van der Waals surface area contributed by atoms with Gasteiger partial charge in [-0.15, -0.1) is 0 Å². The number of hydrogen-bond donors (Lipinski definition) is 0. The van der Waals surface area contributed by atoms with Gasteiger partial charge in [0.05, 0.1) is 0 Å². The number of ether oxygens (including phenoxy) is 3. The van der Waals surface area contributed by atoms with Crippen LogP contribution in [-0.4, -0.2) is 36.4 Å². The molecule has 0 radical (unpaired) electrons. The van der Waals surface area contributed by atoms with Crippen molar-refractivity contribution in [2.75, 3.05) is 13.2 Å². The first-order valence-corrected chi connectivity index (χ1v) is 13.0. The topological polar surface area (TPSA) is 61.8 Å². The molecular formula is C27H40O5. The van der Waals surface area contributed by atoms with Crippen molar-refractivity contribution in [2.45, 2.75) is 103 Å². The fraction of sp³-hybridized carbons (Fsp3) is 0.852. The molecule has 0 N–H and O–H groups in total. The monoisotopic (exact) mass is 444 g/mol. The van der Waals surface area contributed by atoms with Crippen LogP contribution in [0.1, 0.15) is 91.9 Å². The molecule has 4 fully saturated rings. The lowest BCUT2D eigenvalue weighted by Gasteiger charge is -2.60. The highest BCUT2D eigenvalue weighted by Gasteiger charge is 2.70. The Morgan fingerprint density at radius 3 is 2.56 bits per heavy atom. The minimum Gasteiger partial charge on any atom is -0.328 e. The second-order valence-corrected chi connectivity index (χ2v) is 11.5. The van der Waals surface area contributed by atoms with E-state index in [1.807, 2.05) is 13.0 Å². The van der Waals surface area contributed by atoms with E-state index in [0.29, 0.717) is 43.0 Å². The Balaban J connectivity index is 1.48. The van der Waals surface area contributed by atoms with Crippen molar-refractivity contribution in [2.24, 2.45) is 28.6 Å². The molecule has 178 valence electrons. The number of hydrogen-bond acceptors (Lipinski definition) is 5. The van der Waals surface area contributed by atoms with Crippen LogP contribution in [0.15, 0.2) is 11.6 Å². The predicted octanol–water partition coefficient (Wildman–Crippen LogP) is 5.36. The first-order chi connectivity index (χ1) is 15.2. The van der Waals surface area contributed by atoms with E-state index in [9.17, 15) is 9.59 Å². The van der Waals surface area contributed by atoms with E-state index in [4.69, 9.17) is 14.2 Å². The fourth-order valence-electron chi connectivity index (χ4n) is 8.62. The van der Waals surface area contributed by atoms with Gasteiger partial charge < -0.3 is 14.2 Å². The van der Waals surface area contributed by atoms with E-state index in [0.717, 1.165) is 51.4 Å². The molecule has 0 aromatic heterocycles. The SMILES string of the molecule is CCCC1(OCC)OCC(=O)[C@]2(CC[C@H]3[C@@H]4CCC5=CC(=O)CC[C@]5(C)[C@H]4CC[C@@]32C)O1. The summed E-state index contributed by atoms with van der Waals surface area (Å²) in [6.07, 6.45) is 11.2. The normalized spacial score (nSPS) is 48.2. The summed E-state index contributed by atoms with van der Waals surface area (Å²) < 4.78 is 18.7. The summed E-state index contributed by atoms with van der Waals surface area (Å²) in [5.41, 5.74) is 0.548. The number of carbonyl (C=O) groups excluding carboxylic acids is 2. The van der Waals surface area contributed by atoms with Crippen LogP contribution in [0.3, 0.4) is 0 Å². The first kappa shape index (κ1) is 22.7. The molecule has 0 aromatic rings. The van der Waals surface area contributed by atoms with Crippen LogP contribution in [-0.2, 0) is 23.8 Å².